The molecule has 2 nitrogen and oxygen atoms in total. The van der Waals surface area contributed by atoms with Gasteiger partial charge in [0.2, 0.25) is 0 Å². The fraction of sp³-hybridized carbons (Fsp3) is 1.00. The Balaban J connectivity index is 2.21. The molecule has 0 amide bonds. The average Bonchev–Trinajstić information content (AvgIpc) is 2.17. The van der Waals surface area contributed by atoms with Crippen molar-refractivity contribution in [3.05, 3.63) is 0 Å². The molecular formula is C12H26N2. The number of hydrogen-bond acceptors (Lipinski definition) is 2. The van der Waals surface area contributed by atoms with Crippen molar-refractivity contribution in [1.29, 1.82) is 0 Å². The number of rotatable bonds is 5. The van der Waals surface area contributed by atoms with Gasteiger partial charge in [0.1, 0.15) is 0 Å². The molecule has 0 aromatic carbocycles. The molecule has 2 heteroatoms. The van der Waals surface area contributed by atoms with Gasteiger partial charge in [-0.2, -0.15) is 0 Å². The molecule has 1 aliphatic carbocycles. The first kappa shape index (κ1) is 12.0. The van der Waals surface area contributed by atoms with Crippen molar-refractivity contribution in [3.8, 4) is 0 Å². The molecule has 84 valence electrons. The van der Waals surface area contributed by atoms with Gasteiger partial charge in [-0.25, -0.2) is 0 Å². The number of nitrogens with one attached hydrogen (secondary N) is 1. The lowest BCUT2D eigenvalue weighted by Gasteiger charge is -2.34. The monoisotopic (exact) mass is 198 g/mol. The van der Waals surface area contributed by atoms with Crippen LogP contribution in [0.5, 0.6) is 0 Å². The Morgan fingerprint density at radius 2 is 1.93 bits per heavy atom. The summed E-state index contributed by atoms with van der Waals surface area (Å²) in [6.07, 6.45) is 8.17. The van der Waals surface area contributed by atoms with E-state index in [0.29, 0.717) is 11.5 Å². The Morgan fingerprint density at radius 1 is 1.29 bits per heavy atom. The van der Waals surface area contributed by atoms with Crippen molar-refractivity contribution in [2.24, 2.45) is 11.1 Å². The van der Waals surface area contributed by atoms with Gasteiger partial charge in [-0.1, -0.05) is 26.2 Å². The summed E-state index contributed by atoms with van der Waals surface area (Å²) >= 11 is 0. The molecule has 0 saturated heterocycles. The minimum Gasteiger partial charge on any atom is -0.330 e. The van der Waals surface area contributed by atoms with Crippen LogP contribution in [0.1, 0.15) is 52.4 Å². The van der Waals surface area contributed by atoms with E-state index in [1.165, 1.54) is 38.6 Å². The van der Waals surface area contributed by atoms with Crippen LogP contribution in [0.2, 0.25) is 0 Å². The van der Waals surface area contributed by atoms with Crippen LogP contribution in [0.3, 0.4) is 0 Å². The van der Waals surface area contributed by atoms with Crippen molar-refractivity contribution in [2.75, 3.05) is 13.1 Å². The zero-order chi connectivity index (χ0) is 10.4. The van der Waals surface area contributed by atoms with E-state index in [-0.39, 0.29) is 0 Å². The van der Waals surface area contributed by atoms with Gasteiger partial charge in [0.05, 0.1) is 0 Å². The summed E-state index contributed by atoms with van der Waals surface area (Å²) in [6.45, 7) is 6.63. The molecule has 0 aromatic rings. The second-order valence-corrected chi connectivity index (χ2v) is 5.23. The third-order valence-electron chi connectivity index (χ3n) is 3.54. The fourth-order valence-electron chi connectivity index (χ4n) is 2.35. The highest BCUT2D eigenvalue weighted by Crippen LogP contribution is 2.34. The third kappa shape index (κ3) is 3.97. The summed E-state index contributed by atoms with van der Waals surface area (Å²) in [6, 6.07) is 0.582. The van der Waals surface area contributed by atoms with E-state index in [1.54, 1.807) is 0 Å². The van der Waals surface area contributed by atoms with Crippen molar-refractivity contribution >= 4 is 0 Å². The van der Waals surface area contributed by atoms with Gasteiger partial charge >= 0.3 is 0 Å². The van der Waals surface area contributed by atoms with Gasteiger partial charge in [-0.05, 0) is 38.1 Å². The Kier molecular flexibility index (Phi) is 4.90. The molecule has 14 heavy (non-hydrogen) atoms. The fourth-order valence-corrected chi connectivity index (χ4v) is 2.35. The van der Waals surface area contributed by atoms with Gasteiger partial charge < -0.3 is 11.1 Å². The van der Waals surface area contributed by atoms with E-state index in [2.05, 4.69) is 19.2 Å². The first-order chi connectivity index (χ1) is 6.66. The molecular weight excluding hydrogens is 172 g/mol. The van der Waals surface area contributed by atoms with Crippen LogP contribution in [0.25, 0.3) is 0 Å². The summed E-state index contributed by atoms with van der Waals surface area (Å²) in [5.74, 6) is 0. The lowest BCUT2D eigenvalue weighted by Crippen LogP contribution is -2.38. The van der Waals surface area contributed by atoms with Crippen LogP contribution in [0.4, 0.5) is 0 Å². The molecule has 3 N–H and O–H groups in total. The highest BCUT2D eigenvalue weighted by Gasteiger charge is 2.26. The minimum absolute atomic E-state index is 0.557. The zero-order valence-corrected chi connectivity index (χ0v) is 9.81. The van der Waals surface area contributed by atoms with E-state index in [4.69, 9.17) is 5.73 Å². The van der Waals surface area contributed by atoms with Gasteiger partial charge in [0.15, 0.2) is 0 Å². The Labute approximate surface area is 88.6 Å². The van der Waals surface area contributed by atoms with Gasteiger partial charge in [0, 0.05) is 12.6 Å². The van der Waals surface area contributed by atoms with Crippen LogP contribution < -0.4 is 11.1 Å². The average molecular weight is 198 g/mol. The summed E-state index contributed by atoms with van der Waals surface area (Å²) in [5, 5.41) is 3.61. The molecule has 0 bridgehead atoms. The van der Waals surface area contributed by atoms with Crippen LogP contribution in [-0.4, -0.2) is 19.1 Å². The quantitative estimate of drug-likeness (QED) is 0.711. The molecule has 0 heterocycles. The SMILES string of the molecule is CC(CCN)NCC1(C)CCCCC1. The van der Waals surface area contributed by atoms with E-state index in [9.17, 15) is 0 Å². The number of hydrogen-bond donors (Lipinski definition) is 2. The Hall–Kier alpha value is -0.0800. The lowest BCUT2D eigenvalue weighted by atomic mass is 9.75. The topological polar surface area (TPSA) is 38.0 Å². The van der Waals surface area contributed by atoms with Crippen LogP contribution in [0.15, 0.2) is 0 Å². The standard InChI is InChI=1S/C12H26N2/c1-11(6-9-13)14-10-12(2)7-4-3-5-8-12/h11,14H,3-10,13H2,1-2H3. The molecule has 0 aliphatic heterocycles. The molecule has 1 atom stereocenters. The molecule has 1 unspecified atom stereocenters. The second kappa shape index (κ2) is 5.72. The van der Waals surface area contributed by atoms with E-state index >= 15 is 0 Å². The van der Waals surface area contributed by atoms with E-state index < -0.39 is 0 Å². The van der Waals surface area contributed by atoms with E-state index in [1.807, 2.05) is 0 Å². The van der Waals surface area contributed by atoms with Crippen molar-refractivity contribution < 1.29 is 0 Å². The van der Waals surface area contributed by atoms with Gasteiger partial charge in [-0.3, -0.25) is 0 Å². The maximum atomic E-state index is 5.53. The molecule has 0 aromatic heterocycles. The largest absolute Gasteiger partial charge is 0.330 e. The van der Waals surface area contributed by atoms with Crippen molar-refractivity contribution in [1.82, 2.24) is 5.32 Å². The Morgan fingerprint density at radius 3 is 2.50 bits per heavy atom. The Bertz CT molecular complexity index is 150. The molecule has 0 spiro atoms. The minimum atomic E-state index is 0.557. The maximum absolute atomic E-state index is 5.53. The first-order valence-corrected chi connectivity index (χ1v) is 6.10. The van der Waals surface area contributed by atoms with Crippen LogP contribution >= 0.6 is 0 Å². The molecule has 1 aliphatic rings. The highest BCUT2D eigenvalue weighted by molar-refractivity contribution is 4.81. The van der Waals surface area contributed by atoms with E-state index in [0.717, 1.165) is 13.0 Å². The maximum Gasteiger partial charge on any atom is 0.00509 e. The summed E-state index contributed by atoms with van der Waals surface area (Å²) < 4.78 is 0. The van der Waals surface area contributed by atoms with Gasteiger partial charge in [0.25, 0.3) is 0 Å². The predicted molar refractivity (Wildman–Crippen MR) is 62.3 cm³/mol. The predicted octanol–water partition coefficient (Wildman–Crippen LogP) is 2.28. The van der Waals surface area contributed by atoms with Crippen molar-refractivity contribution in [2.45, 2.75) is 58.4 Å². The number of nitrogens with two attached hydrogens (primary N) is 1. The molecule has 1 saturated carbocycles. The third-order valence-corrected chi connectivity index (χ3v) is 3.54. The van der Waals surface area contributed by atoms with Gasteiger partial charge in [-0.15, -0.1) is 0 Å². The van der Waals surface area contributed by atoms with Crippen LogP contribution in [0, 0.1) is 5.41 Å². The summed E-state index contributed by atoms with van der Waals surface area (Å²) in [7, 11) is 0. The van der Waals surface area contributed by atoms with Crippen molar-refractivity contribution in [3.63, 3.8) is 0 Å². The zero-order valence-electron chi connectivity index (χ0n) is 9.81. The molecule has 1 fully saturated rings. The second-order valence-electron chi connectivity index (χ2n) is 5.23. The summed E-state index contributed by atoms with van der Waals surface area (Å²) in [5.41, 5.74) is 6.09. The molecule has 1 rings (SSSR count). The normalized spacial score (nSPS) is 23.4. The van der Waals surface area contributed by atoms with Crippen LogP contribution in [-0.2, 0) is 0 Å². The summed E-state index contributed by atoms with van der Waals surface area (Å²) in [4.78, 5) is 0. The highest BCUT2D eigenvalue weighted by atomic mass is 14.9. The first-order valence-electron chi connectivity index (χ1n) is 6.10. The lowest BCUT2D eigenvalue weighted by molar-refractivity contribution is 0.201. The smallest absolute Gasteiger partial charge is 0.00509 e. The molecule has 0 radical (unpaired) electrons.